The van der Waals surface area contributed by atoms with Crippen LogP contribution in [0.4, 0.5) is 0 Å². The first-order chi connectivity index (χ1) is 4.33. The van der Waals surface area contributed by atoms with E-state index in [2.05, 4.69) is 11.1 Å². The third kappa shape index (κ3) is 1.42. The van der Waals surface area contributed by atoms with E-state index in [0.29, 0.717) is 5.88 Å². The molecule has 1 radical (unpaired) electrons. The van der Waals surface area contributed by atoms with E-state index < -0.39 is 0 Å². The van der Waals surface area contributed by atoms with Gasteiger partial charge in [-0.05, 0) is 18.6 Å². The van der Waals surface area contributed by atoms with Crippen molar-refractivity contribution in [3.8, 4) is 5.88 Å². The van der Waals surface area contributed by atoms with Gasteiger partial charge in [0.2, 0.25) is 5.88 Å². The summed E-state index contributed by atoms with van der Waals surface area (Å²) in [5.41, 5.74) is 1.02. The highest BCUT2D eigenvalue weighted by atomic mass is 16.5. The molecule has 0 spiro atoms. The molecule has 0 fully saturated rings. The van der Waals surface area contributed by atoms with Gasteiger partial charge in [-0.2, -0.15) is 0 Å². The van der Waals surface area contributed by atoms with Gasteiger partial charge < -0.3 is 4.74 Å². The molecule has 1 aromatic rings. The number of hydrogen-bond donors (Lipinski definition) is 0. The number of nitrogens with zero attached hydrogens (tertiary/aromatic N) is 1. The van der Waals surface area contributed by atoms with Gasteiger partial charge in [-0.15, -0.1) is 0 Å². The van der Waals surface area contributed by atoms with Gasteiger partial charge in [0.15, 0.2) is 0 Å². The molecule has 1 heterocycles. The largest absolute Gasteiger partial charge is 0.481 e. The number of pyridine rings is 1. The fraction of sp³-hybridized carbons (Fsp3) is 0.286. The smallest absolute Gasteiger partial charge is 0.213 e. The Morgan fingerprint density at radius 2 is 2.44 bits per heavy atom. The van der Waals surface area contributed by atoms with Crippen LogP contribution in [0.3, 0.4) is 0 Å². The van der Waals surface area contributed by atoms with Crippen molar-refractivity contribution in [3.05, 3.63) is 23.9 Å². The van der Waals surface area contributed by atoms with Gasteiger partial charge in [0.25, 0.3) is 0 Å². The summed E-state index contributed by atoms with van der Waals surface area (Å²) < 4.78 is 4.83. The molecule has 0 aliphatic heterocycles. The van der Waals surface area contributed by atoms with Crippen molar-refractivity contribution in [2.75, 3.05) is 7.11 Å². The van der Waals surface area contributed by atoms with Crippen LogP contribution in [0, 0.1) is 13.0 Å². The fourth-order valence-electron chi connectivity index (χ4n) is 0.522. The predicted octanol–water partition coefficient (Wildman–Crippen LogP) is 1.20. The molecule has 2 heteroatoms. The molecule has 0 N–H and O–H groups in total. The summed E-state index contributed by atoms with van der Waals surface area (Å²) in [6.07, 6.45) is 1.72. The maximum Gasteiger partial charge on any atom is 0.213 e. The first kappa shape index (κ1) is 6.08. The molecular formula is C7H8NO. The van der Waals surface area contributed by atoms with E-state index in [1.165, 1.54) is 0 Å². The van der Waals surface area contributed by atoms with Gasteiger partial charge in [0, 0.05) is 12.3 Å². The Hall–Kier alpha value is -1.05. The van der Waals surface area contributed by atoms with E-state index in [-0.39, 0.29) is 0 Å². The van der Waals surface area contributed by atoms with E-state index in [9.17, 15) is 0 Å². The molecule has 9 heavy (non-hydrogen) atoms. The van der Waals surface area contributed by atoms with Crippen molar-refractivity contribution >= 4 is 0 Å². The molecule has 0 unspecified atom stereocenters. The van der Waals surface area contributed by atoms with Crippen molar-refractivity contribution in [2.24, 2.45) is 0 Å². The molecular weight excluding hydrogens is 114 g/mol. The molecule has 1 rings (SSSR count). The van der Waals surface area contributed by atoms with Crippen LogP contribution >= 0.6 is 0 Å². The topological polar surface area (TPSA) is 22.1 Å². The molecule has 2 nitrogen and oxygen atoms in total. The fourth-order valence-corrected chi connectivity index (χ4v) is 0.522. The van der Waals surface area contributed by atoms with Crippen molar-refractivity contribution in [1.29, 1.82) is 0 Å². The van der Waals surface area contributed by atoms with Crippen LogP contribution < -0.4 is 4.74 Å². The Labute approximate surface area is 54.5 Å². The van der Waals surface area contributed by atoms with E-state index in [1.54, 1.807) is 19.4 Å². The van der Waals surface area contributed by atoms with E-state index >= 15 is 0 Å². The third-order valence-electron chi connectivity index (χ3n) is 1.02. The SMILES string of the molecule is COc1c[c]c(C)cn1. The molecule has 0 saturated carbocycles. The van der Waals surface area contributed by atoms with Crippen molar-refractivity contribution < 1.29 is 4.74 Å². The summed E-state index contributed by atoms with van der Waals surface area (Å²) in [5, 5.41) is 0. The molecule has 0 aliphatic rings. The zero-order chi connectivity index (χ0) is 6.69. The minimum atomic E-state index is 0.612. The molecule has 0 bridgehead atoms. The Morgan fingerprint density at radius 1 is 1.67 bits per heavy atom. The second kappa shape index (κ2) is 2.49. The average molecular weight is 122 g/mol. The lowest BCUT2D eigenvalue weighted by Crippen LogP contribution is -1.85. The van der Waals surface area contributed by atoms with Crippen LogP contribution in [0.5, 0.6) is 5.88 Å². The lowest BCUT2D eigenvalue weighted by Gasteiger charge is -1.95. The maximum absolute atomic E-state index is 4.83. The second-order valence-electron chi connectivity index (χ2n) is 1.77. The Balaban J connectivity index is 2.88. The normalized spacial score (nSPS) is 9.11. The quantitative estimate of drug-likeness (QED) is 0.558. The minimum absolute atomic E-state index is 0.612. The number of aryl methyl sites for hydroxylation is 1. The Kier molecular flexibility index (Phi) is 1.68. The lowest BCUT2D eigenvalue weighted by atomic mass is 10.3. The van der Waals surface area contributed by atoms with Crippen molar-refractivity contribution in [1.82, 2.24) is 4.98 Å². The van der Waals surface area contributed by atoms with Gasteiger partial charge in [-0.3, -0.25) is 0 Å². The standard InChI is InChI=1S/C7H8NO/c1-6-3-4-7(9-2)8-5-6/h4-5H,1-2H3. The number of hydrogen-bond acceptors (Lipinski definition) is 2. The number of ether oxygens (including phenoxy) is 1. The van der Waals surface area contributed by atoms with Crippen LogP contribution in [0.15, 0.2) is 12.3 Å². The summed E-state index contributed by atoms with van der Waals surface area (Å²) in [6.45, 7) is 1.94. The van der Waals surface area contributed by atoms with Crippen LogP contribution in [0.2, 0.25) is 0 Å². The van der Waals surface area contributed by atoms with Crippen LogP contribution in [0.1, 0.15) is 5.56 Å². The van der Waals surface area contributed by atoms with Crippen LogP contribution in [0.25, 0.3) is 0 Å². The molecule has 0 aromatic carbocycles. The maximum atomic E-state index is 4.83. The number of methoxy groups -OCH3 is 1. The van der Waals surface area contributed by atoms with Crippen LogP contribution in [-0.2, 0) is 0 Å². The van der Waals surface area contributed by atoms with E-state index in [0.717, 1.165) is 5.56 Å². The Bertz CT molecular complexity index is 181. The summed E-state index contributed by atoms with van der Waals surface area (Å²) in [5.74, 6) is 0.612. The zero-order valence-electron chi connectivity index (χ0n) is 5.51. The summed E-state index contributed by atoms with van der Waals surface area (Å²) in [7, 11) is 1.59. The summed E-state index contributed by atoms with van der Waals surface area (Å²) in [6, 6.07) is 4.68. The van der Waals surface area contributed by atoms with Gasteiger partial charge in [-0.25, -0.2) is 4.98 Å². The van der Waals surface area contributed by atoms with Gasteiger partial charge >= 0.3 is 0 Å². The lowest BCUT2D eigenvalue weighted by molar-refractivity contribution is 0.397. The minimum Gasteiger partial charge on any atom is -0.481 e. The van der Waals surface area contributed by atoms with Crippen LogP contribution in [-0.4, -0.2) is 12.1 Å². The highest BCUT2D eigenvalue weighted by Gasteiger charge is 1.87. The molecule has 0 saturated heterocycles. The molecule has 1 aromatic heterocycles. The molecule has 47 valence electrons. The van der Waals surface area contributed by atoms with Gasteiger partial charge in [-0.1, -0.05) is 0 Å². The zero-order valence-corrected chi connectivity index (χ0v) is 5.51. The number of rotatable bonds is 1. The molecule has 0 amide bonds. The Morgan fingerprint density at radius 3 is 2.89 bits per heavy atom. The molecule has 0 aliphatic carbocycles. The van der Waals surface area contributed by atoms with Crippen molar-refractivity contribution in [3.63, 3.8) is 0 Å². The second-order valence-corrected chi connectivity index (χ2v) is 1.77. The summed E-state index contributed by atoms with van der Waals surface area (Å²) in [4.78, 5) is 3.94. The third-order valence-corrected chi connectivity index (χ3v) is 1.02. The van der Waals surface area contributed by atoms with E-state index in [4.69, 9.17) is 4.74 Å². The number of aromatic nitrogens is 1. The first-order valence-electron chi connectivity index (χ1n) is 2.71. The molecule has 0 atom stereocenters. The monoisotopic (exact) mass is 122 g/mol. The predicted molar refractivity (Wildman–Crippen MR) is 34.4 cm³/mol. The van der Waals surface area contributed by atoms with Gasteiger partial charge in [0.1, 0.15) is 0 Å². The van der Waals surface area contributed by atoms with Crippen molar-refractivity contribution in [2.45, 2.75) is 6.92 Å². The highest BCUT2D eigenvalue weighted by Crippen LogP contribution is 2.03. The van der Waals surface area contributed by atoms with E-state index in [1.807, 2.05) is 6.92 Å². The van der Waals surface area contributed by atoms with Gasteiger partial charge in [0.05, 0.1) is 7.11 Å². The summed E-state index contributed by atoms with van der Waals surface area (Å²) >= 11 is 0. The first-order valence-corrected chi connectivity index (χ1v) is 2.71. The average Bonchev–Trinajstić information content (AvgIpc) is 1.90. The highest BCUT2D eigenvalue weighted by molar-refractivity contribution is 5.14.